The van der Waals surface area contributed by atoms with Crippen LogP contribution in [-0.4, -0.2) is 54.7 Å². The van der Waals surface area contributed by atoms with E-state index < -0.39 is 5.60 Å². The van der Waals surface area contributed by atoms with Crippen LogP contribution >= 0.6 is 24.0 Å². The maximum absolute atomic E-state index is 11.9. The Balaban J connectivity index is 0.00000420. The number of likely N-dealkylation sites (tertiary alicyclic amines) is 1. The number of esters is 1. The van der Waals surface area contributed by atoms with Gasteiger partial charge in [-0.05, 0) is 53.0 Å². The molecule has 1 aromatic rings. The Hall–Kier alpha value is -1.35. The lowest BCUT2D eigenvalue weighted by molar-refractivity contribution is -0.152. The van der Waals surface area contributed by atoms with Gasteiger partial charge in [0.2, 0.25) is 0 Å². The van der Waals surface area contributed by atoms with Gasteiger partial charge in [0.25, 0.3) is 0 Å². The van der Waals surface area contributed by atoms with E-state index in [0.717, 1.165) is 32.5 Å². The second kappa shape index (κ2) is 12.4. The van der Waals surface area contributed by atoms with Gasteiger partial charge in [-0.15, -0.1) is 24.0 Å². The Morgan fingerprint density at radius 1 is 1.24 bits per heavy atom. The van der Waals surface area contributed by atoms with Crippen LogP contribution in [0.15, 0.2) is 35.3 Å². The Labute approximate surface area is 192 Å². The topological polar surface area (TPSA) is 66.0 Å². The summed E-state index contributed by atoms with van der Waals surface area (Å²) in [5.41, 5.74) is 0.877. The first kappa shape index (κ1) is 25.7. The number of nitrogens with zero attached hydrogens (tertiary/aromatic N) is 2. The molecule has 0 saturated carbocycles. The second-order valence-corrected chi connectivity index (χ2v) is 8.32. The fourth-order valence-electron chi connectivity index (χ4n) is 3.40. The molecule has 29 heavy (non-hydrogen) atoms. The van der Waals surface area contributed by atoms with Crippen LogP contribution in [-0.2, 0) is 9.53 Å². The van der Waals surface area contributed by atoms with Crippen molar-refractivity contribution in [2.24, 2.45) is 4.99 Å². The SMILES string of the molecule is CCNC(=NCC(=O)OC(C)(C)C)NC1CCN(C(C)c2ccccc2)CC1.I. The Morgan fingerprint density at radius 2 is 1.86 bits per heavy atom. The number of nitrogens with one attached hydrogen (secondary N) is 2. The molecule has 2 N–H and O–H groups in total. The largest absolute Gasteiger partial charge is 0.459 e. The summed E-state index contributed by atoms with van der Waals surface area (Å²) in [6.07, 6.45) is 2.10. The Bertz CT molecular complexity index is 638. The molecule has 2 rings (SSSR count). The number of benzene rings is 1. The molecule has 1 aliphatic rings. The van der Waals surface area contributed by atoms with Crippen molar-refractivity contribution in [2.45, 2.75) is 65.1 Å². The molecule has 0 aliphatic carbocycles. The van der Waals surface area contributed by atoms with Crippen molar-refractivity contribution >= 4 is 35.9 Å². The molecule has 1 saturated heterocycles. The average Bonchev–Trinajstić information content (AvgIpc) is 2.66. The van der Waals surface area contributed by atoms with Crippen LogP contribution in [0.4, 0.5) is 0 Å². The fourth-order valence-corrected chi connectivity index (χ4v) is 3.40. The predicted octanol–water partition coefficient (Wildman–Crippen LogP) is 3.73. The van der Waals surface area contributed by atoms with E-state index in [-0.39, 0.29) is 36.5 Å². The van der Waals surface area contributed by atoms with Crippen LogP contribution in [0.25, 0.3) is 0 Å². The molecule has 0 amide bonds. The summed E-state index contributed by atoms with van der Waals surface area (Å²) in [5, 5.41) is 6.70. The highest BCUT2D eigenvalue weighted by Gasteiger charge is 2.24. The molecule has 164 valence electrons. The van der Waals surface area contributed by atoms with Crippen molar-refractivity contribution in [3.63, 3.8) is 0 Å². The van der Waals surface area contributed by atoms with Gasteiger partial charge in [0.1, 0.15) is 12.1 Å². The maximum Gasteiger partial charge on any atom is 0.328 e. The summed E-state index contributed by atoms with van der Waals surface area (Å²) in [6.45, 7) is 12.7. The van der Waals surface area contributed by atoms with Crippen LogP contribution < -0.4 is 10.6 Å². The molecule has 6 nitrogen and oxygen atoms in total. The zero-order valence-electron chi connectivity index (χ0n) is 18.4. The highest BCUT2D eigenvalue weighted by Crippen LogP contribution is 2.23. The average molecular weight is 516 g/mol. The molecule has 7 heteroatoms. The van der Waals surface area contributed by atoms with Crippen molar-refractivity contribution in [1.82, 2.24) is 15.5 Å². The van der Waals surface area contributed by atoms with Gasteiger partial charge in [0.05, 0.1) is 0 Å². The van der Waals surface area contributed by atoms with Gasteiger partial charge in [-0.3, -0.25) is 9.69 Å². The summed E-state index contributed by atoms with van der Waals surface area (Å²) in [5.74, 6) is 0.374. The van der Waals surface area contributed by atoms with Gasteiger partial charge in [-0.1, -0.05) is 30.3 Å². The first-order valence-electron chi connectivity index (χ1n) is 10.3. The van der Waals surface area contributed by atoms with Crippen molar-refractivity contribution in [3.8, 4) is 0 Å². The molecular weight excluding hydrogens is 479 g/mol. The van der Waals surface area contributed by atoms with Crippen molar-refractivity contribution in [1.29, 1.82) is 0 Å². The lowest BCUT2D eigenvalue weighted by Crippen LogP contribution is -2.49. The zero-order valence-corrected chi connectivity index (χ0v) is 20.7. The number of ether oxygens (including phenoxy) is 1. The summed E-state index contributed by atoms with van der Waals surface area (Å²) >= 11 is 0. The fraction of sp³-hybridized carbons (Fsp3) is 0.636. The van der Waals surface area contributed by atoms with E-state index >= 15 is 0 Å². The lowest BCUT2D eigenvalue weighted by atomic mass is 10.0. The molecule has 1 unspecified atom stereocenters. The summed E-state index contributed by atoms with van der Waals surface area (Å²) in [7, 11) is 0. The van der Waals surface area contributed by atoms with E-state index in [2.05, 4.69) is 57.8 Å². The predicted molar refractivity (Wildman–Crippen MR) is 130 cm³/mol. The van der Waals surface area contributed by atoms with Crippen molar-refractivity contribution in [3.05, 3.63) is 35.9 Å². The van der Waals surface area contributed by atoms with Gasteiger partial charge < -0.3 is 15.4 Å². The van der Waals surface area contributed by atoms with Crippen molar-refractivity contribution < 1.29 is 9.53 Å². The number of aliphatic imine (C=N–C) groups is 1. The maximum atomic E-state index is 11.9. The standard InChI is InChI=1S/C22H36N4O2.HI/c1-6-23-21(24-16-20(27)28-22(3,4)5)25-19-12-14-26(15-13-19)17(2)18-10-8-7-9-11-18;/h7-11,17,19H,6,12-16H2,1-5H3,(H2,23,24,25);1H. The monoisotopic (exact) mass is 516 g/mol. The van der Waals surface area contributed by atoms with E-state index in [1.807, 2.05) is 27.7 Å². The number of rotatable bonds is 6. The van der Waals surface area contributed by atoms with Crippen LogP contribution in [0.5, 0.6) is 0 Å². The van der Waals surface area contributed by atoms with E-state index in [0.29, 0.717) is 18.0 Å². The third-order valence-corrected chi connectivity index (χ3v) is 4.83. The first-order chi connectivity index (χ1) is 13.3. The smallest absolute Gasteiger partial charge is 0.328 e. The van der Waals surface area contributed by atoms with Gasteiger partial charge in [0.15, 0.2) is 5.96 Å². The van der Waals surface area contributed by atoms with E-state index in [1.165, 1.54) is 5.56 Å². The highest BCUT2D eigenvalue weighted by atomic mass is 127. The molecule has 1 fully saturated rings. The van der Waals surface area contributed by atoms with E-state index in [4.69, 9.17) is 4.74 Å². The Morgan fingerprint density at radius 3 is 2.41 bits per heavy atom. The summed E-state index contributed by atoms with van der Waals surface area (Å²) in [6, 6.07) is 11.4. The number of hydrogen-bond donors (Lipinski definition) is 2. The van der Waals surface area contributed by atoms with Crippen LogP contribution in [0.2, 0.25) is 0 Å². The van der Waals surface area contributed by atoms with Gasteiger partial charge in [0, 0.05) is 31.7 Å². The molecule has 0 spiro atoms. The molecule has 1 aliphatic heterocycles. The first-order valence-corrected chi connectivity index (χ1v) is 10.3. The van der Waals surface area contributed by atoms with Crippen LogP contribution in [0, 0.1) is 0 Å². The number of carbonyl (C=O) groups excluding carboxylic acids is 1. The second-order valence-electron chi connectivity index (χ2n) is 8.32. The summed E-state index contributed by atoms with van der Waals surface area (Å²) in [4.78, 5) is 18.8. The zero-order chi connectivity index (χ0) is 20.6. The van der Waals surface area contributed by atoms with E-state index in [1.54, 1.807) is 0 Å². The van der Waals surface area contributed by atoms with E-state index in [9.17, 15) is 4.79 Å². The highest BCUT2D eigenvalue weighted by molar-refractivity contribution is 14.0. The third-order valence-electron chi connectivity index (χ3n) is 4.83. The normalized spacial score (nSPS) is 17.2. The molecule has 0 aromatic heterocycles. The minimum Gasteiger partial charge on any atom is -0.459 e. The number of hydrogen-bond acceptors (Lipinski definition) is 4. The van der Waals surface area contributed by atoms with Gasteiger partial charge in [-0.2, -0.15) is 0 Å². The summed E-state index contributed by atoms with van der Waals surface area (Å²) < 4.78 is 5.33. The third kappa shape index (κ3) is 9.33. The van der Waals surface area contributed by atoms with Crippen molar-refractivity contribution in [2.75, 3.05) is 26.2 Å². The minimum atomic E-state index is -0.485. The molecule has 0 radical (unpaired) electrons. The molecule has 0 bridgehead atoms. The molecule has 1 atom stereocenters. The number of guanidine groups is 1. The van der Waals surface area contributed by atoms with Gasteiger partial charge >= 0.3 is 5.97 Å². The van der Waals surface area contributed by atoms with Gasteiger partial charge in [-0.25, -0.2) is 4.99 Å². The van der Waals surface area contributed by atoms with Crippen LogP contribution in [0.1, 0.15) is 59.1 Å². The number of carbonyl (C=O) groups is 1. The number of halogens is 1. The molecule has 1 aromatic carbocycles. The molecule has 1 heterocycles. The Kier molecular flexibility index (Phi) is 11.0. The quantitative estimate of drug-likeness (QED) is 0.261. The lowest BCUT2D eigenvalue weighted by Gasteiger charge is -2.37. The molecular formula is C22H37IN4O2. The van der Waals surface area contributed by atoms with Crippen LogP contribution in [0.3, 0.4) is 0 Å². The minimum absolute atomic E-state index is 0. The number of piperidine rings is 1.